The molecule has 0 unspecified atom stereocenters. The van der Waals surface area contributed by atoms with Gasteiger partial charge in [-0.1, -0.05) is 102 Å². The summed E-state index contributed by atoms with van der Waals surface area (Å²) in [7, 11) is 0. The molecular formula is C45H74N10O11. The molecule has 370 valence electrons. The molecule has 1 aromatic rings. The number of aliphatic hydroxyl groups is 2. The molecule has 0 saturated carbocycles. The summed E-state index contributed by atoms with van der Waals surface area (Å²) in [4.78, 5) is 112. The van der Waals surface area contributed by atoms with Crippen LogP contribution in [-0.2, 0) is 49.5 Å². The number of carbonyl (C=O) groups is 8. The van der Waals surface area contributed by atoms with Gasteiger partial charge in [0.1, 0.15) is 42.4 Å². The number of cyclic esters (lactones) is 1. The topological polar surface area (TPSA) is 349 Å². The molecule has 21 nitrogen and oxygen atoms in total. The third kappa shape index (κ3) is 21.4. The van der Waals surface area contributed by atoms with Crippen molar-refractivity contribution in [1.82, 2.24) is 31.9 Å². The normalized spacial score (nSPS) is 23.5. The first-order valence-electron chi connectivity index (χ1n) is 23.0. The van der Waals surface area contributed by atoms with Gasteiger partial charge in [-0.15, -0.1) is 0 Å². The average Bonchev–Trinajstić information content (AvgIpc) is 3.24. The molecule has 1 saturated heterocycles. The third-order valence-electron chi connectivity index (χ3n) is 11.0. The van der Waals surface area contributed by atoms with Gasteiger partial charge in [0.25, 0.3) is 0 Å². The summed E-state index contributed by atoms with van der Waals surface area (Å²) in [6.07, 6.45) is 5.09. The molecule has 7 amide bonds. The molecule has 1 aliphatic heterocycles. The monoisotopic (exact) mass is 931 g/mol. The van der Waals surface area contributed by atoms with Crippen LogP contribution in [0.5, 0.6) is 0 Å². The van der Waals surface area contributed by atoms with E-state index in [9.17, 15) is 48.6 Å². The SMILES string of the molecule is CC(C)[C@H]1NC(=O)[C@@H](NC(=O)C[C@H](O)CCCCCCCCCCCCN=C(N)N)[C@@H](C)OC(=O)[C@@H](C)NC(=O)[C@@H](CC(N)=O)NC(=O)[C@@H]([C@@H](C)O)NC(=O)[C@H](Cc2ccccc2)NC1=O. The molecule has 21 heteroatoms. The predicted octanol–water partition coefficient (Wildman–Crippen LogP) is -0.669. The molecule has 0 aliphatic carbocycles. The van der Waals surface area contributed by atoms with Gasteiger partial charge in [0.15, 0.2) is 5.96 Å². The third-order valence-corrected chi connectivity index (χ3v) is 11.0. The van der Waals surface area contributed by atoms with E-state index in [1.54, 1.807) is 44.2 Å². The zero-order valence-electron chi connectivity index (χ0n) is 39.0. The Morgan fingerprint density at radius 2 is 1.23 bits per heavy atom. The first-order valence-corrected chi connectivity index (χ1v) is 23.0. The van der Waals surface area contributed by atoms with Crippen molar-refractivity contribution in [1.29, 1.82) is 0 Å². The predicted molar refractivity (Wildman–Crippen MR) is 245 cm³/mol. The van der Waals surface area contributed by atoms with Crippen molar-refractivity contribution in [2.24, 2.45) is 28.1 Å². The van der Waals surface area contributed by atoms with Crippen LogP contribution in [0.15, 0.2) is 35.3 Å². The van der Waals surface area contributed by atoms with Crippen LogP contribution in [0.25, 0.3) is 0 Å². The lowest BCUT2D eigenvalue weighted by Gasteiger charge is -2.30. The summed E-state index contributed by atoms with van der Waals surface area (Å²) in [5.74, 6) is -8.16. The number of nitrogens with one attached hydrogen (secondary N) is 6. The lowest BCUT2D eigenvalue weighted by atomic mass is 9.99. The number of unbranched alkanes of at least 4 members (excludes halogenated alkanes) is 9. The Morgan fingerprint density at radius 3 is 1.79 bits per heavy atom. The van der Waals surface area contributed by atoms with E-state index in [2.05, 4.69) is 36.9 Å². The second-order valence-corrected chi connectivity index (χ2v) is 17.3. The van der Waals surface area contributed by atoms with Gasteiger partial charge in [-0.2, -0.15) is 0 Å². The number of ether oxygens (including phenoxy) is 1. The second kappa shape index (κ2) is 29.7. The first kappa shape index (κ1) is 56.3. The zero-order chi connectivity index (χ0) is 49.3. The Kier molecular flexibility index (Phi) is 25.3. The van der Waals surface area contributed by atoms with Gasteiger partial charge in [-0.25, -0.2) is 4.79 Å². The van der Waals surface area contributed by atoms with E-state index in [1.807, 2.05) is 0 Å². The zero-order valence-corrected chi connectivity index (χ0v) is 39.0. The Bertz CT molecular complexity index is 1780. The van der Waals surface area contributed by atoms with Gasteiger partial charge >= 0.3 is 5.97 Å². The van der Waals surface area contributed by atoms with Gasteiger partial charge in [0.2, 0.25) is 41.4 Å². The number of rotatable bonds is 22. The smallest absolute Gasteiger partial charge is 0.328 e. The standard InChI is InChI=1S/C45H74N10O11/c1-26(2)36-41(62)51-32(23-30-19-15-14-16-20-30)40(61)55-37(28(4)56)42(63)52-33(25-34(46)58)39(60)50-27(3)44(65)66-29(5)38(43(64)54-36)53-35(59)24-31(57)21-17-12-10-8-6-7-9-11-13-18-22-49-45(47)48/h14-16,19-20,26-29,31-33,36-38,56-57H,6-13,17-18,21-25H2,1-5H3,(H2,46,58)(H,50,60)(H,51,62)(H,52,63)(H,53,59)(H,54,64)(H,55,61)(H4,47,48,49)/t27-,28-,29-,31-,32+,33-,36-,37-,38+/m1/s1. The maximum atomic E-state index is 14.1. The van der Waals surface area contributed by atoms with E-state index in [4.69, 9.17) is 21.9 Å². The van der Waals surface area contributed by atoms with Crippen molar-refractivity contribution in [3.63, 3.8) is 0 Å². The number of benzene rings is 1. The molecule has 0 radical (unpaired) electrons. The number of nitrogens with two attached hydrogens (primary N) is 3. The van der Waals surface area contributed by atoms with Gasteiger partial charge in [0.05, 0.1) is 25.0 Å². The highest BCUT2D eigenvalue weighted by Gasteiger charge is 2.38. The van der Waals surface area contributed by atoms with Crippen LogP contribution in [0.1, 0.15) is 124 Å². The number of primary amides is 1. The highest BCUT2D eigenvalue weighted by molar-refractivity contribution is 5.98. The van der Waals surface area contributed by atoms with E-state index in [-0.39, 0.29) is 18.8 Å². The van der Waals surface area contributed by atoms with E-state index in [1.165, 1.54) is 20.8 Å². The van der Waals surface area contributed by atoms with Gasteiger partial charge in [0, 0.05) is 13.0 Å². The average molecular weight is 931 g/mol. The van der Waals surface area contributed by atoms with Gasteiger partial charge in [-0.3, -0.25) is 38.6 Å². The fraction of sp³-hybridized carbons (Fsp3) is 0.667. The summed E-state index contributed by atoms with van der Waals surface area (Å²) in [5, 5.41) is 36.2. The number of carbonyl (C=O) groups excluding carboxylic acids is 8. The minimum absolute atomic E-state index is 0.103. The number of guanidine groups is 1. The first-order chi connectivity index (χ1) is 31.2. The number of aliphatic hydroxyl groups excluding tert-OH is 2. The fourth-order valence-corrected chi connectivity index (χ4v) is 7.21. The highest BCUT2D eigenvalue weighted by atomic mass is 16.5. The van der Waals surface area contributed by atoms with Crippen LogP contribution in [0.4, 0.5) is 0 Å². The minimum atomic E-state index is -1.71. The number of nitrogens with zero attached hydrogens (tertiary/aromatic N) is 1. The number of hydrogen-bond acceptors (Lipinski definition) is 12. The maximum absolute atomic E-state index is 14.1. The Morgan fingerprint density at radius 1 is 0.697 bits per heavy atom. The Hall–Kier alpha value is -5.83. The molecule has 1 fully saturated rings. The Labute approximate surface area is 387 Å². The van der Waals surface area contributed by atoms with E-state index < -0.39 is 114 Å². The van der Waals surface area contributed by atoms with Crippen molar-refractivity contribution in [3.05, 3.63) is 35.9 Å². The molecule has 66 heavy (non-hydrogen) atoms. The Balaban J connectivity index is 2.29. The molecule has 1 aliphatic rings. The van der Waals surface area contributed by atoms with Crippen molar-refractivity contribution in [2.75, 3.05) is 6.54 Å². The summed E-state index contributed by atoms with van der Waals surface area (Å²) in [5.41, 5.74) is 16.6. The number of esters is 1. The number of aliphatic imine (C=N–C) groups is 1. The molecule has 1 heterocycles. The molecule has 0 aromatic heterocycles. The van der Waals surface area contributed by atoms with E-state index in [0.717, 1.165) is 57.8 Å². The van der Waals surface area contributed by atoms with Crippen LogP contribution in [0.2, 0.25) is 0 Å². The summed E-state index contributed by atoms with van der Waals surface area (Å²) in [6.45, 7) is 7.63. The molecule has 2 rings (SSSR count). The van der Waals surface area contributed by atoms with Crippen molar-refractivity contribution >= 4 is 53.3 Å². The molecule has 0 bridgehead atoms. The summed E-state index contributed by atoms with van der Waals surface area (Å²) >= 11 is 0. The van der Waals surface area contributed by atoms with Crippen molar-refractivity contribution < 1.29 is 53.3 Å². The largest absolute Gasteiger partial charge is 0.458 e. The van der Waals surface area contributed by atoms with Gasteiger partial charge in [-0.05, 0) is 45.1 Å². The van der Waals surface area contributed by atoms with Crippen LogP contribution >= 0.6 is 0 Å². The molecule has 14 N–H and O–H groups in total. The van der Waals surface area contributed by atoms with E-state index in [0.29, 0.717) is 24.9 Å². The molecular weight excluding hydrogens is 857 g/mol. The molecule has 9 atom stereocenters. The maximum Gasteiger partial charge on any atom is 0.328 e. The van der Waals surface area contributed by atoms with E-state index >= 15 is 0 Å². The summed E-state index contributed by atoms with van der Waals surface area (Å²) < 4.78 is 5.56. The van der Waals surface area contributed by atoms with Crippen molar-refractivity contribution in [3.8, 4) is 0 Å². The molecule has 1 aromatic carbocycles. The summed E-state index contributed by atoms with van der Waals surface area (Å²) in [6, 6.07) is -0.637. The quantitative estimate of drug-likeness (QED) is 0.0298. The van der Waals surface area contributed by atoms with Gasteiger partial charge < -0.3 is 64.1 Å². The van der Waals surface area contributed by atoms with Crippen LogP contribution in [0.3, 0.4) is 0 Å². The van der Waals surface area contributed by atoms with Crippen LogP contribution in [-0.4, -0.2) is 125 Å². The highest BCUT2D eigenvalue weighted by Crippen LogP contribution is 2.15. The number of amides is 7. The number of hydrogen-bond donors (Lipinski definition) is 11. The van der Waals surface area contributed by atoms with Crippen LogP contribution < -0.4 is 49.1 Å². The lowest BCUT2D eigenvalue weighted by molar-refractivity contribution is -0.155. The fourth-order valence-electron chi connectivity index (χ4n) is 7.21. The lowest BCUT2D eigenvalue weighted by Crippen LogP contribution is -2.62. The second-order valence-electron chi connectivity index (χ2n) is 17.3. The van der Waals surface area contributed by atoms with Crippen molar-refractivity contribution in [2.45, 2.75) is 179 Å². The van der Waals surface area contributed by atoms with Crippen LogP contribution in [0, 0.1) is 5.92 Å². The minimum Gasteiger partial charge on any atom is -0.458 e. The molecule has 0 spiro atoms.